The fourth-order valence-electron chi connectivity index (χ4n) is 2.55. The number of ether oxygens (including phenoxy) is 1. The maximum atomic E-state index is 12.4. The van der Waals surface area contributed by atoms with Gasteiger partial charge in [0.15, 0.2) is 5.78 Å². The molecular weight excluding hydrogens is 368 g/mol. The Bertz CT molecular complexity index is 999. The number of carbonyl (C=O) groups is 2. The van der Waals surface area contributed by atoms with Gasteiger partial charge in [-0.15, -0.1) is 0 Å². The maximum absolute atomic E-state index is 12.4. The fourth-order valence-corrected chi connectivity index (χ4v) is 2.55. The van der Waals surface area contributed by atoms with Crippen LogP contribution in [0.4, 0.5) is 17.3 Å². The number of nitrogens with zero attached hydrogens (tertiary/aromatic N) is 2. The number of ketones is 1. The highest BCUT2D eigenvalue weighted by molar-refractivity contribution is 6.04. The van der Waals surface area contributed by atoms with Crippen LogP contribution in [-0.4, -0.2) is 27.8 Å². The third-order valence-electron chi connectivity index (χ3n) is 3.96. The van der Waals surface area contributed by atoms with Crippen LogP contribution in [0.25, 0.3) is 0 Å². The number of nitrogens with one attached hydrogen (secondary N) is 2. The lowest BCUT2D eigenvalue weighted by Gasteiger charge is -2.14. The summed E-state index contributed by atoms with van der Waals surface area (Å²) in [5, 5.41) is 5.85. The Balaban J connectivity index is 1.67. The van der Waals surface area contributed by atoms with Gasteiger partial charge in [0.2, 0.25) is 5.95 Å². The van der Waals surface area contributed by atoms with E-state index in [-0.39, 0.29) is 17.8 Å². The Morgan fingerprint density at radius 3 is 2.21 bits per heavy atom. The molecule has 0 saturated carbocycles. The molecule has 29 heavy (non-hydrogen) atoms. The van der Waals surface area contributed by atoms with Crippen LogP contribution in [0, 0.1) is 0 Å². The van der Waals surface area contributed by atoms with Crippen LogP contribution in [0.15, 0.2) is 60.9 Å². The van der Waals surface area contributed by atoms with E-state index in [0.717, 1.165) is 5.69 Å². The molecule has 2 aromatic carbocycles. The van der Waals surface area contributed by atoms with Crippen molar-refractivity contribution in [2.75, 3.05) is 10.6 Å². The van der Waals surface area contributed by atoms with Crippen LogP contribution in [0.2, 0.25) is 0 Å². The monoisotopic (exact) mass is 390 g/mol. The molecule has 148 valence electrons. The zero-order valence-electron chi connectivity index (χ0n) is 16.5. The van der Waals surface area contributed by atoms with Crippen molar-refractivity contribution in [3.63, 3.8) is 0 Å². The predicted molar refractivity (Wildman–Crippen MR) is 112 cm³/mol. The van der Waals surface area contributed by atoms with Crippen LogP contribution < -0.4 is 15.4 Å². The van der Waals surface area contributed by atoms with Gasteiger partial charge < -0.3 is 15.4 Å². The molecule has 2 N–H and O–H groups in total. The minimum Gasteiger partial charge on any atom is -0.489 e. The Labute approximate surface area is 169 Å². The number of rotatable bonds is 7. The number of aromatic nitrogens is 2. The Kier molecular flexibility index (Phi) is 6.19. The molecule has 3 aromatic rings. The molecule has 0 radical (unpaired) electrons. The summed E-state index contributed by atoms with van der Waals surface area (Å²) in [6.07, 6.45) is 2.93. The van der Waals surface area contributed by atoms with Crippen molar-refractivity contribution in [2.45, 2.75) is 26.9 Å². The highest BCUT2D eigenvalue weighted by Gasteiger charge is 2.10. The molecule has 0 saturated heterocycles. The molecule has 3 rings (SSSR count). The van der Waals surface area contributed by atoms with Gasteiger partial charge in [-0.1, -0.05) is 12.1 Å². The highest BCUT2D eigenvalue weighted by Crippen LogP contribution is 2.27. The first-order valence-corrected chi connectivity index (χ1v) is 9.19. The normalized spacial score (nSPS) is 10.5. The van der Waals surface area contributed by atoms with Gasteiger partial charge in [0.25, 0.3) is 5.91 Å². The van der Waals surface area contributed by atoms with Crippen LogP contribution in [0.3, 0.4) is 0 Å². The average molecular weight is 390 g/mol. The summed E-state index contributed by atoms with van der Waals surface area (Å²) in [6, 6.07) is 14.2. The van der Waals surface area contributed by atoms with Crippen molar-refractivity contribution in [1.82, 2.24) is 9.97 Å². The molecule has 1 amide bonds. The van der Waals surface area contributed by atoms with Crippen LogP contribution in [0.5, 0.6) is 5.75 Å². The predicted octanol–water partition coefficient (Wildman–Crippen LogP) is 4.46. The third-order valence-corrected chi connectivity index (χ3v) is 3.96. The number of Topliss-reactive ketones (excluding diaryl/α,β-unsaturated/α-hetero) is 1. The lowest BCUT2D eigenvalue weighted by Crippen LogP contribution is -2.13. The molecule has 0 unspecified atom stereocenters. The summed E-state index contributed by atoms with van der Waals surface area (Å²) >= 11 is 0. The molecule has 0 aliphatic rings. The fraction of sp³-hybridized carbons (Fsp3) is 0.182. The zero-order valence-corrected chi connectivity index (χ0v) is 16.5. The molecule has 7 heteroatoms. The number of carbonyl (C=O) groups excluding carboxylic acids is 2. The number of benzene rings is 2. The van der Waals surface area contributed by atoms with Gasteiger partial charge in [-0.25, -0.2) is 9.97 Å². The first-order chi connectivity index (χ1) is 13.9. The standard InChI is InChI=1S/C22H22N4O3/c1-14(2)29-20-7-5-4-6-19(20)26-22-23-12-17(13-24-22)21(28)25-18-10-8-16(9-11-18)15(3)27/h4-14H,1-3H3,(H,25,28)(H,23,24,26). The number of hydrogen-bond acceptors (Lipinski definition) is 6. The van der Waals surface area contributed by atoms with E-state index >= 15 is 0 Å². The quantitative estimate of drug-likeness (QED) is 0.579. The first kappa shape index (κ1) is 20.0. The highest BCUT2D eigenvalue weighted by atomic mass is 16.5. The van der Waals surface area contributed by atoms with Crippen molar-refractivity contribution in [2.24, 2.45) is 0 Å². The molecule has 0 spiro atoms. The van der Waals surface area contributed by atoms with Gasteiger partial charge in [-0.3, -0.25) is 9.59 Å². The molecule has 1 heterocycles. The molecule has 0 fully saturated rings. The SMILES string of the molecule is CC(=O)c1ccc(NC(=O)c2cnc(Nc3ccccc3OC(C)C)nc2)cc1. The summed E-state index contributed by atoms with van der Waals surface area (Å²) < 4.78 is 5.77. The van der Waals surface area contributed by atoms with Crippen molar-refractivity contribution < 1.29 is 14.3 Å². The smallest absolute Gasteiger partial charge is 0.258 e. The van der Waals surface area contributed by atoms with Gasteiger partial charge >= 0.3 is 0 Å². The van der Waals surface area contributed by atoms with E-state index in [9.17, 15) is 9.59 Å². The van der Waals surface area contributed by atoms with E-state index in [0.29, 0.717) is 28.5 Å². The molecular formula is C22H22N4O3. The Morgan fingerprint density at radius 1 is 0.931 bits per heavy atom. The van der Waals surface area contributed by atoms with Gasteiger partial charge in [0, 0.05) is 23.6 Å². The summed E-state index contributed by atoms with van der Waals surface area (Å²) in [5.41, 5.74) is 2.23. The van der Waals surface area contributed by atoms with E-state index in [1.165, 1.54) is 19.3 Å². The van der Waals surface area contributed by atoms with E-state index < -0.39 is 0 Å². The third kappa shape index (κ3) is 5.38. The number of hydrogen-bond donors (Lipinski definition) is 2. The summed E-state index contributed by atoms with van der Waals surface area (Å²) in [5.74, 6) is 0.685. The second kappa shape index (κ2) is 8.97. The Hall–Kier alpha value is -3.74. The van der Waals surface area contributed by atoms with Gasteiger partial charge in [-0.05, 0) is 57.2 Å². The van der Waals surface area contributed by atoms with E-state index in [1.54, 1.807) is 24.3 Å². The van der Waals surface area contributed by atoms with Crippen molar-refractivity contribution in [3.8, 4) is 5.75 Å². The molecule has 0 atom stereocenters. The minimum absolute atomic E-state index is 0.0280. The number of para-hydroxylation sites is 2. The number of anilines is 3. The van der Waals surface area contributed by atoms with E-state index in [2.05, 4.69) is 20.6 Å². The Morgan fingerprint density at radius 2 is 1.59 bits per heavy atom. The second-order valence-electron chi connectivity index (χ2n) is 6.67. The lowest BCUT2D eigenvalue weighted by molar-refractivity contribution is 0.101. The van der Waals surface area contributed by atoms with E-state index in [1.807, 2.05) is 38.1 Å². The maximum Gasteiger partial charge on any atom is 0.258 e. The first-order valence-electron chi connectivity index (χ1n) is 9.19. The minimum atomic E-state index is -0.337. The summed E-state index contributed by atoms with van der Waals surface area (Å²) in [7, 11) is 0. The van der Waals surface area contributed by atoms with Crippen molar-refractivity contribution in [3.05, 3.63) is 72.1 Å². The van der Waals surface area contributed by atoms with Crippen LogP contribution >= 0.6 is 0 Å². The number of amides is 1. The average Bonchev–Trinajstić information content (AvgIpc) is 2.70. The second-order valence-corrected chi connectivity index (χ2v) is 6.67. The molecule has 0 bridgehead atoms. The summed E-state index contributed by atoms with van der Waals surface area (Å²) in [4.78, 5) is 32.1. The van der Waals surface area contributed by atoms with E-state index in [4.69, 9.17) is 4.74 Å². The summed E-state index contributed by atoms with van der Waals surface area (Å²) in [6.45, 7) is 5.40. The zero-order chi connectivity index (χ0) is 20.8. The topological polar surface area (TPSA) is 93.2 Å². The van der Waals surface area contributed by atoms with Crippen LogP contribution in [-0.2, 0) is 0 Å². The molecule has 7 nitrogen and oxygen atoms in total. The van der Waals surface area contributed by atoms with Gasteiger partial charge in [0.1, 0.15) is 5.75 Å². The van der Waals surface area contributed by atoms with Crippen molar-refractivity contribution in [1.29, 1.82) is 0 Å². The molecule has 0 aliphatic carbocycles. The van der Waals surface area contributed by atoms with Crippen molar-refractivity contribution >= 4 is 29.0 Å². The molecule has 1 aromatic heterocycles. The largest absolute Gasteiger partial charge is 0.489 e. The molecule has 0 aliphatic heterocycles. The van der Waals surface area contributed by atoms with Crippen LogP contribution in [0.1, 0.15) is 41.5 Å². The van der Waals surface area contributed by atoms with Gasteiger partial charge in [-0.2, -0.15) is 0 Å². The lowest BCUT2D eigenvalue weighted by atomic mass is 10.1. The van der Waals surface area contributed by atoms with Gasteiger partial charge in [0.05, 0.1) is 17.4 Å².